The Bertz CT molecular complexity index is 723. The number of hydrogen-bond acceptors (Lipinski definition) is 5. The van der Waals surface area contributed by atoms with Crippen LogP contribution in [0.2, 0.25) is 0 Å². The third-order valence-electron chi connectivity index (χ3n) is 3.92. The summed E-state index contributed by atoms with van der Waals surface area (Å²) in [6, 6.07) is 1.94. The highest BCUT2D eigenvalue weighted by molar-refractivity contribution is 5.97. The predicted molar refractivity (Wildman–Crippen MR) is 88.6 cm³/mol. The van der Waals surface area contributed by atoms with Crippen molar-refractivity contribution in [3.05, 3.63) is 30.0 Å². The van der Waals surface area contributed by atoms with Gasteiger partial charge in [-0.15, -0.1) is 0 Å². The first-order valence-electron chi connectivity index (χ1n) is 7.83. The molecule has 1 aliphatic rings. The highest BCUT2D eigenvalue weighted by Gasteiger charge is 2.27. The molecular weight excluding hydrogens is 292 g/mol. The van der Waals surface area contributed by atoms with Crippen LogP contribution in [0.5, 0.6) is 0 Å². The van der Waals surface area contributed by atoms with Crippen LogP contribution in [-0.4, -0.2) is 45.3 Å². The average Bonchev–Trinajstić information content (AvgIpc) is 2.92. The molecule has 3 heterocycles. The highest BCUT2D eigenvalue weighted by Crippen LogP contribution is 2.21. The molecule has 7 nitrogen and oxygen atoms in total. The molecule has 3 rings (SSSR count). The molecule has 23 heavy (non-hydrogen) atoms. The van der Waals surface area contributed by atoms with Crippen molar-refractivity contribution in [2.24, 2.45) is 7.05 Å². The quantitative estimate of drug-likeness (QED) is 0.859. The molecule has 122 valence electrons. The maximum absolute atomic E-state index is 12.5. The fourth-order valence-corrected chi connectivity index (χ4v) is 2.68. The number of aryl methyl sites for hydroxylation is 2. The van der Waals surface area contributed by atoms with Gasteiger partial charge in [0.15, 0.2) is 0 Å². The minimum atomic E-state index is 0.0617. The number of carbonyl (C=O) groups is 1. The Kier molecular flexibility index (Phi) is 4.02. The zero-order valence-corrected chi connectivity index (χ0v) is 14.0. The van der Waals surface area contributed by atoms with Crippen molar-refractivity contribution >= 4 is 17.4 Å². The number of hydrogen-bond donors (Lipinski definition) is 0. The molecular formula is C16H22N6O. The van der Waals surface area contributed by atoms with Crippen LogP contribution in [0.3, 0.4) is 0 Å². The summed E-state index contributed by atoms with van der Waals surface area (Å²) in [4.78, 5) is 25.4. The van der Waals surface area contributed by atoms with Crippen molar-refractivity contribution in [1.29, 1.82) is 0 Å². The van der Waals surface area contributed by atoms with Crippen LogP contribution in [-0.2, 0) is 11.8 Å². The second kappa shape index (κ2) is 5.98. The summed E-state index contributed by atoms with van der Waals surface area (Å²) in [5.41, 5.74) is 1.78. The summed E-state index contributed by atoms with van der Waals surface area (Å²) in [7, 11) is 1.85. The molecule has 7 heteroatoms. The van der Waals surface area contributed by atoms with Crippen LogP contribution >= 0.6 is 0 Å². The standard InChI is InChI=1S/C16H22N6O/c1-11(2)16-18-12(3)7-14(19-16)21-5-6-22(15(23)10-21)13-8-17-20(4)9-13/h7-9,11H,5-6,10H2,1-4H3. The summed E-state index contributed by atoms with van der Waals surface area (Å²) < 4.78 is 1.71. The van der Waals surface area contributed by atoms with Gasteiger partial charge in [-0.2, -0.15) is 5.10 Å². The Morgan fingerprint density at radius 2 is 2.00 bits per heavy atom. The van der Waals surface area contributed by atoms with Gasteiger partial charge in [0.1, 0.15) is 11.6 Å². The van der Waals surface area contributed by atoms with Crippen LogP contribution in [0.4, 0.5) is 11.5 Å². The molecule has 0 aliphatic carbocycles. The Hall–Kier alpha value is -2.44. The van der Waals surface area contributed by atoms with Crippen LogP contribution in [0.15, 0.2) is 18.5 Å². The van der Waals surface area contributed by atoms with Crippen molar-refractivity contribution in [2.45, 2.75) is 26.7 Å². The van der Waals surface area contributed by atoms with Gasteiger partial charge < -0.3 is 9.80 Å². The van der Waals surface area contributed by atoms with E-state index in [1.165, 1.54) is 0 Å². The third-order valence-corrected chi connectivity index (χ3v) is 3.92. The van der Waals surface area contributed by atoms with Crippen LogP contribution in [0, 0.1) is 6.92 Å². The van der Waals surface area contributed by atoms with E-state index in [1.54, 1.807) is 15.8 Å². The lowest BCUT2D eigenvalue weighted by Gasteiger charge is -2.34. The van der Waals surface area contributed by atoms with Crippen molar-refractivity contribution in [2.75, 3.05) is 29.4 Å². The van der Waals surface area contributed by atoms with Gasteiger partial charge in [0.25, 0.3) is 0 Å². The number of carbonyl (C=O) groups excluding carboxylic acids is 1. The molecule has 1 aliphatic heterocycles. The minimum absolute atomic E-state index is 0.0617. The number of amides is 1. The second-order valence-electron chi connectivity index (χ2n) is 6.22. The Balaban J connectivity index is 1.79. The van der Waals surface area contributed by atoms with E-state index in [0.29, 0.717) is 13.1 Å². The maximum atomic E-state index is 12.5. The third kappa shape index (κ3) is 3.18. The van der Waals surface area contributed by atoms with Gasteiger partial charge in [-0.05, 0) is 6.92 Å². The minimum Gasteiger partial charge on any atom is -0.345 e. The molecule has 0 spiro atoms. The van der Waals surface area contributed by atoms with Crippen molar-refractivity contribution in [3.8, 4) is 0 Å². The number of aromatic nitrogens is 4. The molecule has 0 unspecified atom stereocenters. The molecule has 2 aromatic rings. The first kappa shape index (κ1) is 15.5. The lowest BCUT2D eigenvalue weighted by molar-refractivity contribution is -0.117. The first-order chi connectivity index (χ1) is 10.9. The van der Waals surface area contributed by atoms with E-state index in [1.807, 2.05) is 31.1 Å². The van der Waals surface area contributed by atoms with Gasteiger partial charge in [0, 0.05) is 44.0 Å². The Morgan fingerprint density at radius 3 is 2.61 bits per heavy atom. The molecule has 1 fully saturated rings. The number of rotatable bonds is 3. The van der Waals surface area contributed by atoms with Gasteiger partial charge >= 0.3 is 0 Å². The first-order valence-corrected chi connectivity index (χ1v) is 7.83. The fourth-order valence-electron chi connectivity index (χ4n) is 2.68. The topological polar surface area (TPSA) is 67.2 Å². The summed E-state index contributed by atoms with van der Waals surface area (Å²) >= 11 is 0. The molecule has 0 N–H and O–H groups in total. The van der Waals surface area contributed by atoms with E-state index in [0.717, 1.165) is 29.6 Å². The Labute approximate surface area is 135 Å². The van der Waals surface area contributed by atoms with E-state index >= 15 is 0 Å². The monoisotopic (exact) mass is 314 g/mol. The smallest absolute Gasteiger partial charge is 0.246 e. The van der Waals surface area contributed by atoms with Gasteiger partial charge in [0.05, 0.1) is 18.4 Å². The van der Waals surface area contributed by atoms with Gasteiger partial charge in [-0.1, -0.05) is 13.8 Å². The molecule has 2 aromatic heterocycles. The largest absolute Gasteiger partial charge is 0.345 e. The zero-order valence-electron chi connectivity index (χ0n) is 14.0. The number of piperazine rings is 1. The van der Waals surface area contributed by atoms with Crippen LogP contribution in [0.25, 0.3) is 0 Å². The zero-order chi connectivity index (χ0) is 16.6. The van der Waals surface area contributed by atoms with Crippen molar-refractivity contribution in [1.82, 2.24) is 19.7 Å². The van der Waals surface area contributed by atoms with Crippen LogP contribution < -0.4 is 9.80 Å². The molecule has 0 saturated carbocycles. The molecule has 0 bridgehead atoms. The van der Waals surface area contributed by atoms with E-state index in [4.69, 9.17) is 0 Å². The van der Waals surface area contributed by atoms with E-state index in [9.17, 15) is 4.79 Å². The second-order valence-corrected chi connectivity index (χ2v) is 6.22. The van der Waals surface area contributed by atoms with Gasteiger partial charge in [-0.3, -0.25) is 9.48 Å². The summed E-state index contributed by atoms with van der Waals surface area (Å²) in [6.45, 7) is 7.81. The normalized spacial score (nSPS) is 15.6. The summed E-state index contributed by atoms with van der Waals surface area (Å²) in [5, 5.41) is 4.13. The summed E-state index contributed by atoms with van der Waals surface area (Å²) in [5.74, 6) is 1.98. The molecule has 0 atom stereocenters. The van der Waals surface area contributed by atoms with Crippen molar-refractivity contribution < 1.29 is 4.79 Å². The molecule has 0 aromatic carbocycles. The maximum Gasteiger partial charge on any atom is 0.246 e. The number of anilines is 2. The Morgan fingerprint density at radius 1 is 1.22 bits per heavy atom. The number of nitrogens with zero attached hydrogens (tertiary/aromatic N) is 6. The van der Waals surface area contributed by atoms with E-state index < -0.39 is 0 Å². The van der Waals surface area contributed by atoms with E-state index in [-0.39, 0.29) is 11.8 Å². The SMILES string of the molecule is Cc1cc(N2CCN(c3cnn(C)c3)C(=O)C2)nc(C(C)C)n1. The average molecular weight is 314 g/mol. The highest BCUT2D eigenvalue weighted by atomic mass is 16.2. The van der Waals surface area contributed by atoms with E-state index in [2.05, 4.69) is 28.9 Å². The molecule has 0 radical (unpaired) electrons. The van der Waals surface area contributed by atoms with Gasteiger partial charge in [0.2, 0.25) is 5.91 Å². The fraction of sp³-hybridized carbons (Fsp3) is 0.500. The lowest BCUT2D eigenvalue weighted by atomic mass is 10.2. The van der Waals surface area contributed by atoms with Crippen LogP contribution in [0.1, 0.15) is 31.3 Å². The van der Waals surface area contributed by atoms with Crippen molar-refractivity contribution in [3.63, 3.8) is 0 Å². The molecule has 1 amide bonds. The predicted octanol–water partition coefficient (Wildman–Crippen LogP) is 1.50. The summed E-state index contributed by atoms with van der Waals surface area (Å²) in [6.07, 6.45) is 3.58. The van der Waals surface area contributed by atoms with Gasteiger partial charge in [-0.25, -0.2) is 9.97 Å². The molecule has 1 saturated heterocycles. The lowest BCUT2D eigenvalue weighted by Crippen LogP contribution is -2.51.